The van der Waals surface area contributed by atoms with E-state index < -0.39 is 5.82 Å². The monoisotopic (exact) mass is 279 g/mol. The van der Waals surface area contributed by atoms with Gasteiger partial charge in [0.25, 0.3) is 0 Å². The van der Waals surface area contributed by atoms with Crippen molar-refractivity contribution in [1.29, 1.82) is 0 Å². The smallest absolute Gasteiger partial charge is 0.166 e. The minimum absolute atomic E-state index is 0.263. The van der Waals surface area contributed by atoms with E-state index in [4.69, 9.17) is 6.42 Å². The van der Waals surface area contributed by atoms with Gasteiger partial charge in [-0.3, -0.25) is 14.7 Å². The summed E-state index contributed by atoms with van der Waals surface area (Å²) >= 11 is 0. The first-order chi connectivity index (χ1) is 10.2. The zero-order chi connectivity index (χ0) is 14.8. The van der Waals surface area contributed by atoms with Crippen molar-refractivity contribution in [2.24, 2.45) is 0 Å². The second-order valence-corrected chi connectivity index (χ2v) is 4.76. The zero-order valence-corrected chi connectivity index (χ0v) is 11.6. The second kappa shape index (κ2) is 5.29. The number of nitrogens with zero attached hydrogens (tertiary/aromatic N) is 3. The van der Waals surface area contributed by atoms with E-state index >= 15 is 0 Å². The molecule has 0 amide bonds. The summed E-state index contributed by atoms with van der Waals surface area (Å²) in [6, 6.07) is 9.59. The Labute approximate surface area is 122 Å². The molecule has 3 nitrogen and oxygen atoms in total. The van der Waals surface area contributed by atoms with Crippen LogP contribution in [0.5, 0.6) is 0 Å². The van der Waals surface area contributed by atoms with Crippen LogP contribution in [0.3, 0.4) is 0 Å². The maximum atomic E-state index is 14.1. The van der Waals surface area contributed by atoms with Crippen molar-refractivity contribution in [3.8, 4) is 12.3 Å². The number of aryl methyl sites for hydroxylation is 1. The molecule has 0 radical (unpaired) electrons. The third kappa shape index (κ3) is 2.23. The Morgan fingerprint density at radius 1 is 1.33 bits per heavy atom. The van der Waals surface area contributed by atoms with E-state index in [1.54, 1.807) is 17.3 Å². The van der Waals surface area contributed by atoms with Gasteiger partial charge in [-0.25, -0.2) is 4.39 Å². The van der Waals surface area contributed by atoms with E-state index in [-0.39, 0.29) is 6.54 Å². The molecule has 1 aromatic carbocycles. The summed E-state index contributed by atoms with van der Waals surface area (Å²) in [4.78, 5) is 3.79. The molecule has 0 atom stereocenters. The minimum Gasteiger partial charge on any atom is -0.266 e. The first-order valence-electron chi connectivity index (χ1n) is 6.60. The van der Waals surface area contributed by atoms with E-state index in [2.05, 4.69) is 10.9 Å². The van der Waals surface area contributed by atoms with Crippen LogP contribution in [0.25, 0.3) is 10.9 Å². The van der Waals surface area contributed by atoms with Crippen molar-refractivity contribution in [2.75, 3.05) is 11.6 Å². The fraction of sp³-hybridized carbons (Fsp3) is 0.118. The fourth-order valence-corrected chi connectivity index (χ4v) is 2.47. The molecule has 0 fully saturated rings. The van der Waals surface area contributed by atoms with Gasteiger partial charge >= 0.3 is 0 Å². The fourth-order valence-electron chi connectivity index (χ4n) is 2.47. The Bertz CT molecular complexity index is 829. The second-order valence-electron chi connectivity index (χ2n) is 4.76. The van der Waals surface area contributed by atoms with Crippen molar-refractivity contribution in [2.45, 2.75) is 6.92 Å². The molecule has 0 aliphatic rings. The predicted octanol–water partition coefficient (Wildman–Crippen LogP) is 3.39. The third-order valence-corrected chi connectivity index (χ3v) is 3.42. The van der Waals surface area contributed by atoms with Crippen molar-refractivity contribution >= 4 is 16.6 Å². The lowest BCUT2D eigenvalue weighted by Gasteiger charge is -2.25. The number of halogens is 1. The summed E-state index contributed by atoms with van der Waals surface area (Å²) in [6.07, 6.45) is 10.2. The lowest BCUT2D eigenvalue weighted by molar-refractivity contribution is 0.606. The van der Waals surface area contributed by atoms with Crippen molar-refractivity contribution in [3.63, 3.8) is 0 Å². The topological polar surface area (TPSA) is 21.1 Å². The van der Waals surface area contributed by atoms with E-state index in [1.165, 1.54) is 6.20 Å². The van der Waals surface area contributed by atoms with Crippen molar-refractivity contribution < 1.29 is 4.39 Å². The number of pyridine rings is 1. The summed E-state index contributed by atoms with van der Waals surface area (Å²) in [6.45, 7) is 2.29. The van der Waals surface area contributed by atoms with Crippen LogP contribution in [0.1, 0.15) is 5.56 Å². The van der Waals surface area contributed by atoms with E-state index in [0.29, 0.717) is 5.69 Å². The maximum absolute atomic E-state index is 14.1. The average molecular weight is 279 g/mol. The lowest BCUT2D eigenvalue weighted by Crippen LogP contribution is -2.30. The highest BCUT2D eigenvalue weighted by Gasteiger charge is 2.15. The largest absolute Gasteiger partial charge is 0.266 e. The SMILES string of the molecule is C#CCN(c1ccncc1F)n1cc(C)c2ccccc21. The summed E-state index contributed by atoms with van der Waals surface area (Å²) in [5.74, 6) is 2.18. The summed E-state index contributed by atoms with van der Waals surface area (Å²) in [7, 11) is 0. The number of hydrogen-bond acceptors (Lipinski definition) is 2. The molecule has 4 heteroatoms. The van der Waals surface area contributed by atoms with Crippen molar-refractivity contribution in [3.05, 3.63) is 60.3 Å². The average Bonchev–Trinajstić information content (AvgIpc) is 2.83. The normalized spacial score (nSPS) is 10.5. The van der Waals surface area contributed by atoms with Crippen LogP contribution in [0, 0.1) is 25.1 Å². The number of fused-ring (bicyclic) bond motifs is 1. The number of terminal acetylenes is 1. The van der Waals surface area contributed by atoms with Gasteiger partial charge in [0, 0.05) is 17.8 Å². The molecule has 0 aliphatic carbocycles. The van der Waals surface area contributed by atoms with E-state index in [9.17, 15) is 4.39 Å². The van der Waals surface area contributed by atoms with Gasteiger partial charge < -0.3 is 0 Å². The highest BCUT2D eigenvalue weighted by molar-refractivity contribution is 5.84. The molecule has 0 saturated heterocycles. The zero-order valence-electron chi connectivity index (χ0n) is 11.6. The molecule has 21 heavy (non-hydrogen) atoms. The number of benzene rings is 1. The molecule has 3 aromatic rings. The molecule has 0 saturated carbocycles. The van der Waals surface area contributed by atoms with Gasteiger partial charge in [-0.05, 0) is 24.6 Å². The number of rotatable bonds is 3. The van der Waals surface area contributed by atoms with Crippen LogP contribution in [0.15, 0.2) is 48.9 Å². The van der Waals surface area contributed by atoms with Gasteiger partial charge in [-0.2, -0.15) is 0 Å². The van der Waals surface area contributed by atoms with Gasteiger partial charge in [-0.1, -0.05) is 24.1 Å². The van der Waals surface area contributed by atoms with Crippen LogP contribution < -0.4 is 5.01 Å². The molecule has 2 heterocycles. The number of para-hydroxylation sites is 1. The predicted molar refractivity (Wildman–Crippen MR) is 82.4 cm³/mol. The molecule has 2 aromatic heterocycles. The molecule has 3 rings (SSSR count). The highest BCUT2D eigenvalue weighted by Crippen LogP contribution is 2.25. The molecule has 0 N–H and O–H groups in total. The molecular weight excluding hydrogens is 265 g/mol. The molecule has 0 aliphatic heterocycles. The van der Waals surface area contributed by atoms with Crippen molar-refractivity contribution in [1.82, 2.24) is 9.66 Å². The van der Waals surface area contributed by atoms with Crippen LogP contribution >= 0.6 is 0 Å². The van der Waals surface area contributed by atoms with E-state index in [1.807, 2.05) is 42.1 Å². The Hall–Kier alpha value is -2.80. The summed E-state index contributed by atoms with van der Waals surface area (Å²) < 4.78 is 16.0. The van der Waals surface area contributed by atoms with Crippen LogP contribution in [0.2, 0.25) is 0 Å². The maximum Gasteiger partial charge on any atom is 0.166 e. The van der Waals surface area contributed by atoms with Crippen LogP contribution in [-0.2, 0) is 0 Å². The highest BCUT2D eigenvalue weighted by atomic mass is 19.1. The molecule has 104 valence electrons. The summed E-state index contributed by atoms with van der Waals surface area (Å²) in [5, 5.41) is 2.85. The van der Waals surface area contributed by atoms with E-state index in [0.717, 1.165) is 16.5 Å². The summed E-state index contributed by atoms with van der Waals surface area (Å²) in [5.41, 5.74) is 2.51. The van der Waals surface area contributed by atoms with Gasteiger partial charge in [0.05, 0.1) is 17.4 Å². The van der Waals surface area contributed by atoms with Gasteiger partial charge in [-0.15, -0.1) is 6.42 Å². The van der Waals surface area contributed by atoms with Crippen LogP contribution in [-0.4, -0.2) is 16.2 Å². The Morgan fingerprint density at radius 3 is 2.90 bits per heavy atom. The van der Waals surface area contributed by atoms with Crippen LogP contribution in [0.4, 0.5) is 10.1 Å². The lowest BCUT2D eigenvalue weighted by atomic mass is 10.2. The Kier molecular flexibility index (Phi) is 3.33. The molecular formula is C17H14FN3. The number of hydrogen-bond donors (Lipinski definition) is 0. The third-order valence-electron chi connectivity index (χ3n) is 3.42. The molecule has 0 unspecified atom stereocenters. The van der Waals surface area contributed by atoms with Gasteiger partial charge in [0.1, 0.15) is 6.54 Å². The van der Waals surface area contributed by atoms with Gasteiger partial charge in [0.2, 0.25) is 0 Å². The molecule has 0 bridgehead atoms. The van der Waals surface area contributed by atoms with Gasteiger partial charge in [0.15, 0.2) is 5.82 Å². The number of aromatic nitrogens is 2. The minimum atomic E-state index is -0.400. The number of anilines is 1. The molecule has 0 spiro atoms. The first kappa shape index (κ1) is 13.2. The first-order valence-corrected chi connectivity index (χ1v) is 6.60. The standard InChI is InChI=1S/C17H14FN3/c1-3-10-20(17-8-9-19-11-15(17)18)21-12-13(2)14-6-4-5-7-16(14)21/h1,4-9,11-12H,10H2,2H3. The Morgan fingerprint density at radius 2 is 2.14 bits per heavy atom. The Balaban J connectivity index is 2.22. The quantitative estimate of drug-likeness (QED) is 0.685.